The number of carbonyl (C=O) groups is 2. The number of hydrogen-bond donors (Lipinski definition) is 2. The van der Waals surface area contributed by atoms with Crippen molar-refractivity contribution in [3.8, 4) is 0 Å². The van der Waals surface area contributed by atoms with Crippen molar-refractivity contribution < 1.29 is 27.2 Å². The first kappa shape index (κ1) is 20.8. The van der Waals surface area contributed by atoms with Crippen LogP contribution < -0.4 is 10.5 Å². The van der Waals surface area contributed by atoms with Crippen LogP contribution in [0.5, 0.6) is 0 Å². The Labute approximate surface area is 164 Å². The van der Waals surface area contributed by atoms with E-state index in [1.54, 1.807) is 11.8 Å². The molecule has 1 aromatic heterocycles. The Bertz CT molecular complexity index is 859. The molecule has 1 atom stereocenters. The maximum absolute atomic E-state index is 13.0. The van der Waals surface area contributed by atoms with Crippen LogP contribution in [0.2, 0.25) is 0 Å². The molecular weight excluding hydrogens is 386 g/mol. The third kappa shape index (κ3) is 3.94. The van der Waals surface area contributed by atoms with Gasteiger partial charge in [0.15, 0.2) is 5.76 Å². The molecule has 2 heterocycles. The maximum Gasteiger partial charge on any atom is 0.287 e. The Balaban J connectivity index is 1.64. The lowest BCUT2D eigenvalue weighted by Crippen LogP contribution is -2.57. The summed E-state index contributed by atoms with van der Waals surface area (Å²) < 4.78 is 33.7. The molecule has 0 bridgehead atoms. The number of hydrogen-bond acceptors (Lipinski definition) is 6. The minimum absolute atomic E-state index is 0.00281. The first-order chi connectivity index (χ1) is 13.2. The van der Waals surface area contributed by atoms with E-state index in [4.69, 9.17) is 14.3 Å². The molecule has 1 aliphatic carbocycles. The second-order valence-corrected chi connectivity index (χ2v) is 8.90. The third-order valence-corrected chi connectivity index (χ3v) is 6.25. The van der Waals surface area contributed by atoms with Gasteiger partial charge < -0.3 is 19.4 Å². The van der Waals surface area contributed by atoms with Crippen LogP contribution in [0.1, 0.15) is 55.1 Å². The Morgan fingerprint density at radius 3 is 2.64 bits per heavy atom. The first-order valence-corrected chi connectivity index (χ1v) is 11.1. The van der Waals surface area contributed by atoms with Gasteiger partial charge in [-0.3, -0.25) is 9.59 Å². The molecule has 9 nitrogen and oxygen atoms in total. The summed E-state index contributed by atoms with van der Waals surface area (Å²) in [7, 11) is -4.02. The van der Waals surface area contributed by atoms with Gasteiger partial charge in [-0.1, -0.05) is 0 Å². The van der Waals surface area contributed by atoms with Gasteiger partial charge in [0.05, 0.1) is 0 Å². The zero-order valence-corrected chi connectivity index (χ0v) is 17.0. The molecule has 3 rings (SSSR count). The van der Waals surface area contributed by atoms with E-state index >= 15 is 0 Å². The predicted molar refractivity (Wildman–Crippen MR) is 100 cm³/mol. The summed E-state index contributed by atoms with van der Waals surface area (Å²) in [5.41, 5.74) is -0.325. The molecule has 2 aliphatic rings. The molecule has 28 heavy (non-hydrogen) atoms. The zero-order chi connectivity index (χ0) is 20.5. The molecule has 0 unspecified atom stereocenters. The van der Waals surface area contributed by atoms with Gasteiger partial charge >= 0.3 is 0 Å². The van der Waals surface area contributed by atoms with Crippen LogP contribution in [-0.2, 0) is 19.6 Å². The SMILES string of the molecule is CCOC1(C(=O)N2CCC[C@@H]2CNC(=O)c2oc(S(N)(=O)=O)cc2C)CCC1. The first-order valence-electron chi connectivity index (χ1n) is 9.54. The third-order valence-electron chi connectivity index (χ3n) is 5.49. The summed E-state index contributed by atoms with van der Waals surface area (Å²) in [5.74, 6) is -0.623. The Kier molecular flexibility index (Phi) is 5.83. The van der Waals surface area contributed by atoms with E-state index in [1.807, 2.05) is 6.92 Å². The number of carbonyl (C=O) groups excluding carboxylic acids is 2. The smallest absolute Gasteiger partial charge is 0.287 e. The van der Waals surface area contributed by atoms with Gasteiger partial charge in [-0.25, -0.2) is 13.6 Å². The summed E-state index contributed by atoms with van der Waals surface area (Å²) in [6, 6.07) is 1.10. The number of nitrogens with zero attached hydrogens (tertiary/aromatic N) is 1. The Hall–Kier alpha value is -1.91. The number of rotatable bonds is 7. The minimum atomic E-state index is -4.02. The number of likely N-dealkylation sites (tertiary alicyclic amines) is 1. The molecule has 0 aromatic carbocycles. The lowest BCUT2D eigenvalue weighted by atomic mass is 9.78. The second kappa shape index (κ2) is 7.84. The molecule has 10 heteroatoms. The van der Waals surface area contributed by atoms with Crippen LogP contribution >= 0.6 is 0 Å². The molecule has 0 radical (unpaired) electrons. The molecule has 1 aromatic rings. The predicted octanol–water partition coefficient (Wildman–Crippen LogP) is 0.915. The van der Waals surface area contributed by atoms with Crippen LogP contribution in [0.15, 0.2) is 15.6 Å². The summed E-state index contributed by atoms with van der Waals surface area (Å²) in [6.07, 6.45) is 4.09. The van der Waals surface area contributed by atoms with Crippen molar-refractivity contribution in [2.75, 3.05) is 19.7 Å². The Morgan fingerprint density at radius 2 is 2.11 bits per heavy atom. The highest BCUT2D eigenvalue weighted by Gasteiger charge is 2.49. The van der Waals surface area contributed by atoms with Crippen molar-refractivity contribution in [1.82, 2.24) is 10.2 Å². The standard InChI is InChI=1S/C18H27N3O6S/c1-3-26-18(7-5-8-18)17(23)21-9-4-6-13(21)11-20-16(22)15-12(2)10-14(27-15)28(19,24)25/h10,13H,3-9,11H2,1-2H3,(H,20,22)(H2,19,24,25)/t13-/m1/s1. The second-order valence-electron chi connectivity index (χ2n) is 7.41. The zero-order valence-electron chi connectivity index (χ0n) is 16.2. The number of aryl methyl sites for hydroxylation is 1. The van der Waals surface area contributed by atoms with Crippen molar-refractivity contribution in [1.29, 1.82) is 0 Å². The molecule has 156 valence electrons. The highest BCUT2D eigenvalue weighted by molar-refractivity contribution is 7.89. The number of primary sulfonamides is 1. The number of nitrogens with two attached hydrogens (primary N) is 1. The molecule has 3 N–H and O–H groups in total. The van der Waals surface area contributed by atoms with Gasteiger partial charge in [0, 0.05) is 37.4 Å². The van der Waals surface area contributed by atoms with Gasteiger partial charge in [0.25, 0.3) is 21.8 Å². The molecular formula is C18H27N3O6S. The highest BCUT2D eigenvalue weighted by Crippen LogP contribution is 2.38. The summed E-state index contributed by atoms with van der Waals surface area (Å²) >= 11 is 0. The van der Waals surface area contributed by atoms with Crippen LogP contribution in [0.4, 0.5) is 0 Å². The van der Waals surface area contributed by atoms with Crippen LogP contribution in [0.3, 0.4) is 0 Å². The average Bonchev–Trinajstić information content (AvgIpc) is 3.21. The van der Waals surface area contributed by atoms with E-state index in [-0.39, 0.29) is 24.3 Å². The van der Waals surface area contributed by atoms with E-state index in [2.05, 4.69) is 5.32 Å². The van der Waals surface area contributed by atoms with Crippen molar-refractivity contribution >= 4 is 21.8 Å². The number of nitrogens with one attached hydrogen (secondary N) is 1. The van der Waals surface area contributed by atoms with E-state index in [0.29, 0.717) is 18.7 Å². The molecule has 1 aliphatic heterocycles. The van der Waals surface area contributed by atoms with Gasteiger partial charge in [0.1, 0.15) is 5.60 Å². The van der Waals surface area contributed by atoms with Gasteiger partial charge in [-0.05, 0) is 46.0 Å². The molecule has 1 saturated carbocycles. The van der Waals surface area contributed by atoms with Crippen LogP contribution in [-0.4, -0.2) is 56.5 Å². The van der Waals surface area contributed by atoms with Gasteiger partial charge in [-0.15, -0.1) is 0 Å². The molecule has 2 fully saturated rings. The summed E-state index contributed by atoms with van der Waals surface area (Å²) in [4.78, 5) is 27.3. The van der Waals surface area contributed by atoms with E-state index < -0.39 is 26.6 Å². The fourth-order valence-corrected chi connectivity index (χ4v) is 4.42. The van der Waals surface area contributed by atoms with Crippen molar-refractivity contribution in [2.45, 2.75) is 62.7 Å². The molecule has 1 saturated heterocycles. The monoisotopic (exact) mass is 413 g/mol. The average molecular weight is 413 g/mol. The van der Waals surface area contributed by atoms with E-state index in [0.717, 1.165) is 32.1 Å². The van der Waals surface area contributed by atoms with E-state index in [1.165, 1.54) is 6.07 Å². The van der Waals surface area contributed by atoms with Crippen molar-refractivity contribution in [3.05, 3.63) is 17.4 Å². The van der Waals surface area contributed by atoms with Crippen LogP contribution in [0.25, 0.3) is 0 Å². The normalized spacial score (nSPS) is 21.4. The Morgan fingerprint density at radius 1 is 1.39 bits per heavy atom. The number of furan rings is 1. The highest BCUT2D eigenvalue weighted by atomic mass is 32.2. The van der Waals surface area contributed by atoms with Gasteiger partial charge in [-0.2, -0.15) is 0 Å². The lowest BCUT2D eigenvalue weighted by Gasteiger charge is -2.43. The molecule has 0 spiro atoms. The number of sulfonamides is 1. The van der Waals surface area contributed by atoms with Gasteiger partial charge in [0.2, 0.25) is 5.09 Å². The fraction of sp³-hybridized carbons (Fsp3) is 0.667. The fourth-order valence-electron chi connectivity index (χ4n) is 3.88. The van der Waals surface area contributed by atoms with E-state index in [9.17, 15) is 18.0 Å². The number of amides is 2. The summed E-state index contributed by atoms with van der Waals surface area (Å²) in [5, 5.41) is 7.34. The van der Waals surface area contributed by atoms with Crippen molar-refractivity contribution in [2.24, 2.45) is 5.14 Å². The topological polar surface area (TPSA) is 132 Å². The lowest BCUT2D eigenvalue weighted by molar-refractivity contribution is -0.171. The summed E-state index contributed by atoms with van der Waals surface area (Å²) in [6.45, 7) is 4.85. The van der Waals surface area contributed by atoms with Crippen LogP contribution in [0, 0.1) is 6.92 Å². The number of ether oxygens (including phenoxy) is 1. The minimum Gasteiger partial charge on any atom is -0.438 e. The largest absolute Gasteiger partial charge is 0.438 e. The molecule has 2 amide bonds. The quantitative estimate of drug-likeness (QED) is 0.683. The van der Waals surface area contributed by atoms with Crippen molar-refractivity contribution in [3.63, 3.8) is 0 Å². The maximum atomic E-state index is 13.0.